The molecule has 1 aliphatic rings. The summed E-state index contributed by atoms with van der Waals surface area (Å²) in [7, 11) is -3.58. The van der Waals surface area contributed by atoms with Gasteiger partial charge in [0.1, 0.15) is 10.6 Å². The summed E-state index contributed by atoms with van der Waals surface area (Å²) in [6.45, 7) is 0.994. The van der Waals surface area contributed by atoms with Crippen LogP contribution < -0.4 is 5.32 Å². The van der Waals surface area contributed by atoms with Gasteiger partial charge in [-0.3, -0.25) is 4.79 Å². The normalized spacial score (nSPS) is 15.7. The molecule has 8 nitrogen and oxygen atoms in total. The van der Waals surface area contributed by atoms with Crippen molar-refractivity contribution in [3.8, 4) is 5.75 Å². The van der Waals surface area contributed by atoms with E-state index >= 15 is 0 Å². The minimum Gasteiger partial charge on any atom is -0.504 e. The first kappa shape index (κ1) is 15.5. The van der Waals surface area contributed by atoms with Crippen LogP contribution in [0.3, 0.4) is 0 Å². The van der Waals surface area contributed by atoms with Crippen molar-refractivity contribution in [2.45, 2.75) is 17.7 Å². The van der Waals surface area contributed by atoms with Crippen LogP contribution in [0.1, 0.15) is 23.3 Å². The molecule has 0 spiro atoms. The van der Waals surface area contributed by atoms with Gasteiger partial charge in [0, 0.05) is 25.5 Å². The van der Waals surface area contributed by atoms with Crippen LogP contribution in [0.2, 0.25) is 0 Å². The molecule has 3 rings (SSSR count). The molecular formula is C14H16N4O4S. The second-order valence-electron chi connectivity index (χ2n) is 5.19. The van der Waals surface area contributed by atoms with E-state index in [0.29, 0.717) is 13.1 Å². The van der Waals surface area contributed by atoms with Crippen molar-refractivity contribution < 1.29 is 18.3 Å². The highest BCUT2D eigenvalue weighted by molar-refractivity contribution is 7.89. The number of aromatic amines is 1. The molecule has 2 aromatic heterocycles. The van der Waals surface area contributed by atoms with Gasteiger partial charge < -0.3 is 15.4 Å². The molecular weight excluding hydrogens is 320 g/mol. The molecule has 0 saturated carbocycles. The smallest absolute Gasteiger partial charge is 0.273 e. The van der Waals surface area contributed by atoms with Crippen LogP contribution in [0, 0.1) is 0 Å². The molecule has 23 heavy (non-hydrogen) atoms. The van der Waals surface area contributed by atoms with Crippen molar-refractivity contribution in [3.05, 3.63) is 36.3 Å². The van der Waals surface area contributed by atoms with Gasteiger partial charge in [-0.15, -0.1) is 0 Å². The molecule has 1 aliphatic heterocycles. The molecule has 0 aliphatic carbocycles. The number of pyridine rings is 1. The minimum absolute atomic E-state index is 0.0102. The largest absolute Gasteiger partial charge is 0.504 e. The molecule has 1 amide bonds. The van der Waals surface area contributed by atoms with Gasteiger partial charge >= 0.3 is 0 Å². The van der Waals surface area contributed by atoms with Gasteiger partial charge in [-0.25, -0.2) is 13.4 Å². The second kappa shape index (κ2) is 6.01. The van der Waals surface area contributed by atoms with E-state index in [9.17, 15) is 18.3 Å². The van der Waals surface area contributed by atoms with Gasteiger partial charge in [0.05, 0.1) is 0 Å². The molecule has 122 valence electrons. The number of hydrogen-bond acceptors (Lipinski definition) is 5. The Morgan fingerprint density at radius 3 is 2.78 bits per heavy atom. The number of carbonyl (C=O) groups excluding carboxylic acids is 1. The van der Waals surface area contributed by atoms with E-state index in [0.717, 1.165) is 12.8 Å². The van der Waals surface area contributed by atoms with Crippen molar-refractivity contribution in [1.29, 1.82) is 0 Å². The quantitative estimate of drug-likeness (QED) is 0.775. The third-order valence-electron chi connectivity index (χ3n) is 3.62. The Kier molecular flexibility index (Phi) is 4.05. The zero-order valence-corrected chi connectivity index (χ0v) is 13.0. The lowest BCUT2D eigenvalue weighted by Crippen LogP contribution is -2.27. The fourth-order valence-corrected chi connectivity index (χ4v) is 3.91. The van der Waals surface area contributed by atoms with Gasteiger partial charge in [0.15, 0.2) is 11.6 Å². The number of nitrogens with one attached hydrogen (secondary N) is 2. The first-order valence-corrected chi connectivity index (χ1v) is 8.56. The van der Waals surface area contributed by atoms with Crippen LogP contribution in [0.4, 0.5) is 5.82 Å². The topological polar surface area (TPSA) is 115 Å². The summed E-state index contributed by atoms with van der Waals surface area (Å²) in [5.74, 6) is -0.741. The van der Waals surface area contributed by atoms with Crippen molar-refractivity contribution in [2.24, 2.45) is 0 Å². The maximum atomic E-state index is 12.4. The summed E-state index contributed by atoms with van der Waals surface area (Å²) >= 11 is 0. The second-order valence-corrected chi connectivity index (χ2v) is 7.12. The molecule has 0 radical (unpaired) electrons. The number of aromatic hydroxyl groups is 1. The summed E-state index contributed by atoms with van der Waals surface area (Å²) < 4.78 is 26.2. The van der Waals surface area contributed by atoms with Crippen LogP contribution in [0.15, 0.2) is 35.5 Å². The average molecular weight is 336 g/mol. The average Bonchev–Trinajstić information content (AvgIpc) is 3.21. The first-order valence-electron chi connectivity index (χ1n) is 7.12. The number of sulfonamides is 1. The maximum absolute atomic E-state index is 12.4. The predicted octanol–water partition coefficient (Wildman–Crippen LogP) is 1.15. The number of carbonyl (C=O) groups is 1. The summed E-state index contributed by atoms with van der Waals surface area (Å²) in [5.41, 5.74) is 0.0767. The van der Waals surface area contributed by atoms with E-state index in [4.69, 9.17) is 0 Å². The molecule has 2 aromatic rings. The minimum atomic E-state index is -3.58. The third kappa shape index (κ3) is 3.06. The van der Waals surface area contributed by atoms with Crippen LogP contribution >= 0.6 is 0 Å². The molecule has 1 fully saturated rings. The van der Waals surface area contributed by atoms with Crippen molar-refractivity contribution in [1.82, 2.24) is 14.3 Å². The van der Waals surface area contributed by atoms with Gasteiger partial charge in [-0.05, 0) is 31.0 Å². The van der Waals surface area contributed by atoms with E-state index in [1.54, 1.807) is 0 Å². The summed E-state index contributed by atoms with van der Waals surface area (Å²) in [6.07, 6.45) is 4.40. The molecule has 0 bridgehead atoms. The number of nitrogens with zero attached hydrogens (tertiary/aromatic N) is 2. The van der Waals surface area contributed by atoms with Gasteiger partial charge in [-0.2, -0.15) is 4.31 Å². The lowest BCUT2D eigenvalue weighted by molar-refractivity contribution is 0.102. The Balaban J connectivity index is 1.79. The van der Waals surface area contributed by atoms with Gasteiger partial charge in [-0.1, -0.05) is 0 Å². The number of hydrogen-bond donors (Lipinski definition) is 3. The first-order chi connectivity index (χ1) is 11.0. The Morgan fingerprint density at radius 1 is 1.35 bits per heavy atom. The predicted molar refractivity (Wildman–Crippen MR) is 82.6 cm³/mol. The van der Waals surface area contributed by atoms with E-state index in [1.807, 2.05) is 0 Å². The van der Waals surface area contributed by atoms with E-state index < -0.39 is 15.9 Å². The van der Waals surface area contributed by atoms with E-state index in [1.165, 1.54) is 34.9 Å². The number of rotatable bonds is 4. The molecule has 3 heterocycles. The molecule has 9 heteroatoms. The van der Waals surface area contributed by atoms with Crippen molar-refractivity contribution in [3.63, 3.8) is 0 Å². The SMILES string of the molecule is O=C(Nc1ncccc1O)c1cc(S(=O)(=O)N2CCCC2)c[nH]1. The Morgan fingerprint density at radius 2 is 2.09 bits per heavy atom. The molecule has 3 N–H and O–H groups in total. The molecule has 0 atom stereocenters. The standard InChI is InChI=1S/C14H16N4O4S/c19-12-4-3-5-15-13(12)17-14(20)11-8-10(9-16-11)23(21,22)18-6-1-2-7-18/h3-5,8-9,16,19H,1-2,6-7H2,(H,15,17,20). The molecule has 0 unspecified atom stereocenters. The Bertz CT molecular complexity index is 825. The number of anilines is 1. The maximum Gasteiger partial charge on any atom is 0.273 e. The fraction of sp³-hybridized carbons (Fsp3) is 0.286. The zero-order chi connectivity index (χ0) is 16.4. The Hall–Kier alpha value is -2.39. The monoisotopic (exact) mass is 336 g/mol. The number of amides is 1. The molecule has 1 saturated heterocycles. The van der Waals surface area contributed by atoms with Gasteiger partial charge in [0.25, 0.3) is 5.91 Å². The fourth-order valence-electron chi connectivity index (χ4n) is 2.40. The van der Waals surface area contributed by atoms with Crippen LogP contribution in [0.25, 0.3) is 0 Å². The third-order valence-corrected chi connectivity index (χ3v) is 5.50. The van der Waals surface area contributed by atoms with E-state index in [2.05, 4.69) is 15.3 Å². The lowest BCUT2D eigenvalue weighted by Gasteiger charge is -2.13. The number of aromatic nitrogens is 2. The molecule has 0 aromatic carbocycles. The lowest BCUT2D eigenvalue weighted by atomic mass is 10.4. The van der Waals surface area contributed by atoms with E-state index in [-0.39, 0.29) is 22.2 Å². The van der Waals surface area contributed by atoms with Gasteiger partial charge in [0.2, 0.25) is 10.0 Å². The highest BCUT2D eigenvalue weighted by atomic mass is 32.2. The summed E-state index contributed by atoms with van der Waals surface area (Å²) in [4.78, 5) is 18.7. The van der Waals surface area contributed by atoms with Crippen molar-refractivity contribution in [2.75, 3.05) is 18.4 Å². The highest BCUT2D eigenvalue weighted by Crippen LogP contribution is 2.23. The summed E-state index contributed by atoms with van der Waals surface area (Å²) in [5, 5.41) is 12.0. The van der Waals surface area contributed by atoms with Crippen molar-refractivity contribution >= 4 is 21.7 Å². The zero-order valence-electron chi connectivity index (χ0n) is 12.2. The van der Waals surface area contributed by atoms with Crippen LogP contribution in [-0.4, -0.2) is 46.8 Å². The van der Waals surface area contributed by atoms with Crippen LogP contribution in [-0.2, 0) is 10.0 Å². The Labute approximate surface area is 133 Å². The van der Waals surface area contributed by atoms with Crippen LogP contribution in [0.5, 0.6) is 5.75 Å². The summed E-state index contributed by atoms with van der Waals surface area (Å²) in [6, 6.07) is 4.20. The highest BCUT2D eigenvalue weighted by Gasteiger charge is 2.28. The number of H-pyrrole nitrogens is 1.